The molecule has 0 saturated heterocycles. The van der Waals surface area contributed by atoms with E-state index in [0.29, 0.717) is 10.7 Å². The number of hydrogen-bond acceptors (Lipinski definition) is 6. The Morgan fingerprint density at radius 2 is 1.73 bits per heavy atom. The van der Waals surface area contributed by atoms with Gasteiger partial charge in [0.25, 0.3) is 0 Å². The molecule has 0 bridgehead atoms. The molecular weight excluding hydrogens is 413 g/mol. The van der Waals surface area contributed by atoms with Gasteiger partial charge in [-0.05, 0) is 35.6 Å². The minimum Gasteiger partial charge on any atom is -0.382 e. The van der Waals surface area contributed by atoms with Crippen molar-refractivity contribution in [3.63, 3.8) is 0 Å². The number of rotatable bonds is 6. The number of thiazole rings is 1. The summed E-state index contributed by atoms with van der Waals surface area (Å²) in [6.45, 7) is 7.84. The fourth-order valence-corrected chi connectivity index (χ4v) is 4.51. The molecule has 0 amide bonds. The summed E-state index contributed by atoms with van der Waals surface area (Å²) < 4.78 is 38.6. The lowest BCUT2D eigenvalue weighted by atomic mass is 9.81. The van der Waals surface area contributed by atoms with Crippen LogP contribution >= 0.6 is 11.3 Å². The summed E-state index contributed by atoms with van der Waals surface area (Å²) in [4.78, 5) is 12.7. The lowest BCUT2D eigenvalue weighted by molar-refractivity contribution is -0.141. The van der Waals surface area contributed by atoms with Crippen LogP contribution in [0.4, 0.5) is 24.8 Å². The van der Waals surface area contributed by atoms with Crippen molar-refractivity contribution < 1.29 is 18.3 Å². The van der Waals surface area contributed by atoms with Gasteiger partial charge in [0.05, 0.1) is 4.88 Å². The number of benzene rings is 1. The maximum absolute atomic E-state index is 12.9. The Morgan fingerprint density at radius 3 is 2.37 bits per heavy atom. The highest BCUT2D eigenvalue weighted by molar-refractivity contribution is 7.15. The zero-order valence-corrected chi connectivity index (χ0v) is 17.8. The molecule has 2 aromatic heterocycles. The van der Waals surface area contributed by atoms with Crippen molar-refractivity contribution in [1.82, 2.24) is 15.0 Å². The molecule has 0 fully saturated rings. The van der Waals surface area contributed by atoms with Crippen LogP contribution in [-0.4, -0.2) is 20.1 Å². The molecule has 0 aliphatic carbocycles. The van der Waals surface area contributed by atoms with Crippen molar-refractivity contribution >= 4 is 23.0 Å². The lowest BCUT2D eigenvalue weighted by Crippen LogP contribution is -2.37. The van der Waals surface area contributed by atoms with Gasteiger partial charge in [-0.25, -0.2) is 15.0 Å². The van der Waals surface area contributed by atoms with Gasteiger partial charge in [0.15, 0.2) is 0 Å². The number of alkyl halides is 3. The second kappa shape index (κ2) is 8.31. The van der Waals surface area contributed by atoms with Crippen molar-refractivity contribution in [3.8, 4) is 10.4 Å². The number of nitrogens with zero attached hydrogens (tertiary/aromatic N) is 3. The molecule has 0 radical (unpaired) electrons. The Labute approximate surface area is 177 Å². The second-order valence-electron chi connectivity index (χ2n) is 7.63. The summed E-state index contributed by atoms with van der Waals surface area (Å²) in [6, 6.07) is 7.98. The predicted octanol–water partition coefficient (Wildman–Crippen LogP) is 5.86. The number of nitrogens with one attached hydrogen (secondary N) is 1. The largest absolute Gasteiger partial charge is 0.433 e. The fraction of sp³-hybridized carbons (Fsp3) is 0.381. The van der Waals surface area contributed by atoms with Crippen LogP contribution in [0.25, 0.3) is 10.4 Å². The first-order chi connectivity index (χ1) is 14.0. The average molecular weight is 437 g/mol. The molecule has 0 aliphatic heterocycles. The molecular formula is C21H23F3N4OS. The van der Waals surface area contributed by atoms with Gasteiger partial charge in [0, 0.05) is 18.1 Å². The SMILES string of the molecule is CC(C)C(O)(c1ncc(-c2cccc(Nc3nccc(C(F)(F)F)n3)c2)s1)C(C)C. The van der Waals surface area contributed by atoms with E-state index in [-0.39, 0.29) is 17.8 Å². The van der Waals surface area contributed by atoms with E-state index in [4.69, 9.17) is 0 Å². The highest BCUT2D eigenvalue weighted by Crippen LogP contribution is 2.41. The van der Waals surface area contributed by atoms with E-state index in [2.05, 4.69) is 20.3 Å². The van der Waals surface area contributed by atoms with E-state index in [0.717, 1.165) is 22.7 Å². The lowest BCUT2D eigenvalue weighted by Gasteiger charge is -2.34. The van der Waals surface area contributed by atoms with Crippen LogP contribution < -0.4 is 5.32 Å². The number of halogens is 3. The average Bonchev–Trinajstić information content (AvgIpc) is 3.17. The van der Waals surface area contributed by atoms with Crippen LogP contribution in [0.2, 0.25) is 0 Å². The molecule has 160 valence electrons. The molecule has 30 heavy (non-hydrogen) atoms. The monoisotopic (exact) mass is 436 g/mol. The predicted molar refractivity (Wildman–Crippen MR) is 111 cm³/mol. The zero-order chi connectivity index (χ0) is 22.1. The van der Waals surface area contributed by atoms with Gasteiger partial charge in [-0.1, -0.05) is 39.8 Å². The number of hydrogen-bond donors (Lipinski definition) is 2. The Bertz CT molecular complexity index is 1010. The van der Waals surface area contributed by atoms with Crippen molar-refractivity contribution in [3.05, 3.63) is 53.4 Å². The molecule has 1 aromatic carbocycles. The van der Waals surface area contributed by atoms with E-state index in [1.54, 1.807) is 24.4 Å². The summed E-state index contributed by atoms with van der Waals surface area (Å²) in [5.74, 6) is -0.161. The third kappa shape index (κ3) is 4.46. The Kier molecular flexibility index (Phi) is 6.14. The smallest absolute Gasteiger partial charge is 0.382 e. The van der Waals surface area contributed by atoms with Gasteiger partial charge in [-0.3, -0.25) is 0 Å². The molecule has 3 rings (SSSR count). The Balaban J connectivity index is 1.88. The van der Waals surface area contributed by atoms with Crippen molar-refractivity contribution in [1.29, 1.82) is 0 Å². The summed E-state index contributed by atoms with van der Waals surface area (Å²) >= 11 is 1.40. The molecule has 0 saturated carbocycles. The summed E-state index contributed by atoms with van der Waals surface area (Å²) in [5.41, 5.74) is -0.676. The quantitative estimate of drug-likeness (QED) is 0.506. The van der Waals surface area contributed by atoms with Gasteiger partial charge in [0.1, 0.15) is 16.3 Å². The maximum atomic E-state index is 12.9. The van der Waals surface area contributed by atoms with E-state index in [9.17, 15) is 18.3 Å². The molecule has 0 spiro atoms. The van der Waals surface area contributed by atoms with Crippen molar-refractivity contribution in [2.45, 2.75) is 39.5 Å². The zero-order valence-electron chi connectivity index (χ0n) is 17.0. The first-order valence-electron chi connectivity index (χ1n) is 9.48. The van der Waals surface area contributed by atoms with Gasteiger partial charge in [-0.2, -0.15) is 13.2 Å². The maximum Gasteiger partial charge on any atom is 0.433 e. The first-order valence-corrected chi connectivity index (χ1v) is 10.3. The van der Waals surface area contributed by atoms with Crippen LogP contribution in [0.3, 0.4) is 0 Å². The van der Waals surface area contributed by atoms with E-state index < -0.39 is 17.5 Å². The molecule has 0 atom stereocenters. The highest BCUT2D eigenvalue weighted by Gasteiger charge is 2.39. The third-order valence-electron chi connectivity index (χ3n) is 4.96. The van der Waals surface area contributed by atoms with Crippen LogP contribution in [0.15, 0.2) is 42.7 Å². The van der Waals surface area contributed by atoms with Crippen LogP contribution in [0, 0.1) is 11.8 Å². The molecule has 0 aliphatic rings. The van der Waals surface area contributed by atoms with Crippen LogP contribution in [-0.2, 0) is 11.8 Å². The summed E-state index contributed by atoms with van der Waals surface area (Å²) in [6.07, 6.45) is -1.77. The topological polar surface area (TPSA) is 70.9 Å². The van der Waals surface area contributed by atoms with Crippen molar-refractivity contribution in [2.75, 3.05) is 5.32 Å². The van der Waals surface area contributed by atoms with E-state index >= 15 is 0 Å². The number of aliphatic hydroxyl groups is 1. The van der Waals surface area contributed by atoms with Gasteiger partial charge in [0.2, 0.25) is 5.95 Å². The summed E-state index contributed by atoms with van der Waals surface area (Å²) in [5, 5.41) is 14.6. The van der Waals surface area contributed by atoms with E-state index in [1.807, 2.05) is 33.8 Å². The second-order valence-corrected chi connectivity index (χ2v) is 8.66. The fourth-order valence-electron chi connectivity index (χ4n) is 3.21. The third-order valence-corrected chi connectivity index (χ3v) is 6.14. The standard InChI is InChI=1S/C21H23F3N4OS/c1-12(2)20(29,13(3)4)18-26-11-16(30-18)14-6-5-7-15(10-14)27-19-25-9-8-17(28-19)21(22,23)24/h5-13,29H,1-4H3,(H,25,27,28). The molecule has 2 heterocycles. The minimum absolute atomic E-state index is 0.0115. The van der Waals surface area contributed by atoms with Gasteiger partial charge in [-0.15, -0.1) is 11.3 Å². The molecule has 2 N–H and O–H groups in total. The highest BCUT2D eigenvalue weighted by atomic mass is 32.1. The van der Waals surface area contributed by atoms with Crippen LogP contribution in [0.5, 0.6) is 0 Å². The Hall–Kier alpha value is -2.52. The number of anilines is 2. The van der Waals surface area contributed by atoms with Gasteiger partial charge < -0.3 is 10.4 Å². The molecule has 0 unspecified atom stereocenters. The molecule has 3 aromatic rings. The van der Waals surface area contributed by atoms with Crippen molar-refractivity contribution in [2.24, 2.45) is 11.8 Å². The summed E-state index contributed by atoms with van der Waals surface area (Å²) in [7, 11) is 0. The van der Waals surface area contributed by atoms with Gasteiger partial charge >= 0.3 is 6.18 Å². The van der Waals surface area contributed by atoms with Crippen LogP contribution in [0.1, 0.15) is 38.4 Å². The number of aromatic nitrogens is 3. The first kappa shape index (κ1) is 22.2. The minimum atomic E-state index is -4.54. The molecule has 5 nitrogen and oxygen atoms in total. The molecule has 9 heteroatoms. The van der Waals surface area contributed by atoms with E-state index in [1.165, 1.54) is 11.3 Å². The Morgan fingerprint density at radius 1 is 1.03 bits per heavy atom. The normalized spacial score (nSPS) is 12.6.